The molecule has 44 heavy (non-hydrogen) atoms. The summed E-state index contributed by atoms with van der Waals surface area (Å²) in [6, 6.07) is 16.4. The first-order valence-electron chi connectivity index (χ1n) is 13.4. The Balaban J connectivity index is 1.39. The number of hydrogen-bond acceptors (Lipinski definition) is 7. The lowest BCUT2D eigenvalue weighted by atomic mass is 10.0. The summed E-state index contributed by atoms with van der Waals surface area (Å²) >= 11 is 18.9. The Labute approximate surface area is 265 Å². The first kappa shape index (κ1) is 29.4. The first-order valence-corrected chi connectivity index (χ1v) is 14.5. The van der Waals surface area contributed by atoms with Gasteiger partial charge in [0.15, 0.2) is 0 Å². The van der Waals surface area contributed by atoms with E-state index in [1.807, 2.05) is 12.1 Å². The van der Waals surface area contributed by atoms with E-state index in [4.69, 9.17) is 34.8 Å². The quantitative estimate of drug-likeness (QED) is 0.163. The number of carboxylic acid groups (broad SMARTS) is 1. The monoisotopic (exact) mass is 650 g/mol. The van der Waals surface area contributed by atoms with Gasteiger partial charge in [-0.15, -0.1) is 5.10 Å². The highest BCUT2D eigenvalue weighted by atomic mass is 35.5. The van der Waals surface area contributed by atoms with Gasteiger partial charge in [0, 0.05) is 41.1 Å². The summed E-state index contributed by atoms with van der Waals surface area (Å²) in [6.07, 6.45) is 2.87. The maximum atomic E-state index is 13.8. The van der Waals surface area contributed by atoms with Gasteiger partial charge < -0.3 is 20.6 Å². The third kappa shape index (κ3) is 5.92. The molecule has 1 amide bonds. The number of pyridine rings is 1. The number of anilines is 3. The molecule has 14 heteroatoms. The second-order valence-electron chi connectivity index (χ2n) is 10.2. The van der Waals surface area contributed by atoms with Crippen LogP contribution >= 0.6 is 34.8 Å². The molecule has 6 rings (SSSR count). The summed E-state index contributed by atoms with van der Waals surface area (Å²) in [7, 11) is 0. The van der Waals surface area contributed by atoms with Gasteiger partial charge in [0.25, 0.3) is 0 Å². The normalized spacial score (nSPS) is 15.2. The molecule has 3 heterocycles. The molecule has 1 unspecified atom stereocenters. The maximum Gasteiger partial charge on any atom is 0.407 e. The van der Waals surface area contributed by atoms with Gasteiger partial charge in [-0.25, -0.2) is 13.9 Å². The van der Waals surface area contributed by atoms with Gasteiger partial charge in [0.1, 0.15) is 17.6 Å². The van der Waals surface area contributed by atoms with E-state index in [1.54, 1.807) is 35.1 Å². The molecule has 5 aromatic rings. The maximum absolute atomic E-state index is 13.8. The van der Waals surface area contributed by atoms with E-state index in [0.29, 0.717) is 63.2 Å². The van der Waals surface area contributed by atoms with Crippen LogP contribution in [-0.4, -0.2) is 49.2 Å². The van der Waals surface area contributed by atoms with E-state index in [1.165, 1.54) is 29.3 Å². The molecule has 10 nitrogen and oxygen atoms in total. The number of fused-ring (bicyclic) bond motifs is 1. The molecule has 2 aromatic heterocycles. The summed E-state index contributed by atoms with van der Waals surface area (Å²) in [5.74, 6) is -0.566. The summed E-state index contributed by atoms with van der Waals surface area (Å²) < 4.78 is 15.5. The fraction of sp³-hybridized carbons (Fsp3) is 0.167. The van der Waals surface area contributed by atoms with E-state index in [9.17, 15) is 19.6 Å². The number of halogens is 4. The van der Waals surface area contributed by atoms with Crippen molar-refractivity contribution in [2.45, 2.75) is 18.5 Å². The molecular weight excluding hydrogens is 630 g/mol. The number of nitrogens with one attached hydrogen (secondary N) is 2. The van der Waals surface area contributed by atoms with E-state index < -0.39 is 18.0 Å². The number of carbonyl (C=O) groups is 1. The van der Waals surface area contributed by atoms with Crippen molar-refractivity contribution in [2.24, 2.45) is 0 Å². The number of amides is 1. The van der Waals surface area contributed by atoms with Crippen LogP contribution in [0.3, 0.4) is 0 Å². The van der Waals surface area contributed by atoms with Crippen molar-refractivity contribution >= 4 is 68.9 Å². The molecule has 1 fully saturated rings. The van der Waals surface area contributed by atoms with E-state index in [0.717, 1.165) is 5.56 Å². The highest BCUT2D eigenvalue weighted by Gasteiger charge is 2.29. The van der Waals surface area contributed by atoms with Gasteiger partial charge in [0.2, 0.25) is 0 Å². The number of aromatic nitrogens is 4. The predicted molar refractivity (Wildman–Crippen MR) is 166 cm³/mol. The van der Waals surface area contributed by atoms with Crippen LogP contribution < -0.4 is 10.6 Å². The van der Waals surface area contributed by atoms with Crippen LogP contribution in [0.5, 0.6) is 0 Å². The number of hydrogen-bond donors (Lipinski definition) is 3. The summed E-state index contributed by atoms with van der Waals surface area (Å²) in [4.78, 5) is 17.2. The molecule has 0 saturated carbocycles. The van der Waals surface area contributed by atoms with Gasteiger partial charge >= 0.3 is 6.09 Å². The zero-order valence-corrected chi connectivity index (χ0v) is 24.9. The second kappa shape index (κ2) is 12.2. The van der Waals surface area contributed by atoms with E-state index >= 15 is 0 Å². The van der Waals surface area contributed by atoms with Crippen LogP contribution in [0, 0.1) is 17.1 Å². The molecule has 3 aromatic carbocycles. The third-order valence-electron chi connectivity index (χ3n) is 7.38. The summed E-state index contributed by atoms with van der Waals surface area (Å²) in [6.45, 7) is 0.740. The molecule has 1 aliphatic heterocycles. The number of benzene rings is 3. The molecule has 0 bridgehead atoms. The SMILES string of the molecule is N#Cc1cnc2c(Cl)cc(NC(c3ccc(Cl)cc3)c3cn([C@@H]4CCN(C(=O)O)C4)nn3)cc2c1Nc1ccc(F)c(Cl)c1. The molecule has 1 aliphatic rings. The lowest BCUT2D eigenvalue weighted by molar-refractivity contribution is 0.154. The first-order chi connectivity index (χ1) is 21.2. The number of nitrogens with zero attached hydrogens (tertiary/aromatic N) is 6. The van der Waals surface area contributed by atoms with Gasteiger partial charge in [-0.2, -0.15) is 5.26 Å². The molecule has 222 valence electrons. The Hall–Kier alpha value is -4.63. The minimum Gasteiger partial charge on any atom is -0.465 e. The minimum atomic E-state index is -0.966. The summed E-state index contributed by atoms with van der Waals surface area (Å²) in [5, 5.41) is 36.0. The Morgan fingerprint density at radius 1 is 1.09 bits per heavy atom. The standard InChI is InChI=1S/C30H22Cl3FN8O2/c31-18-3-1-16(2-4-18)28(26-15-42(40-39-26)21-7-8-41(14-21)30(43)44)38-20-9-22-27(37-19-5-6-25(34)23(32)10-19)17(12-35)13-36-29(22)24(33)11-20/h1-6,9-11,13,15,21,28,38H,7-8,14H2,(H,36,37)(H,43,44)/t21-,28?/m1/s1. The van der Waals surface area contributed by atoms with Crippen molar-refractivity contribution in [3.8, 4) is 6.07 Å². The lowest BCUT2D eigenvalue weighted by Crippen LogP contribution is -2.27. The fourth-order valence-electron chi connectivity index (χ4n) is 5.16. The molecule has 2 atom stereocenters. The lowest BCUT2D eigenvalue weighted by Gasteiger charge is -2.20. The minimum absolute atomic E-state index is 0.0700. The zero-order valence-electron chi connectivity index (χ0n) is 22.7. The Morgan fingerprint density at radius 3 is 2.57 bits per heavy atom. The van der Waals surface area contributed by atoms with Gasteiger partial charge in [-0.3, -0.25) is 4.98 Å². The Bertz CT molecular complexity index is 1930. The molecular formula is C30H22Cl3FN8O2. The average Bonchev–Trinajstić information content (AvgIpc) is 3.69. The molecule has 1 saturated heterocycles. The van der Waals surface area contributed by atoms with Crippen LogP contribution in [0.2, 0.25) is 15.1 Å². The Morgan fingerprint density at radius 2 is 1.86 bits per heavy atom. The van der Waals surface area contributed by atoms with Gasteiger partial charge in [-0.05, 0) is 54.4 Å². The van der Waals surface area contributed by atoms with Crippen molar-refractivity contribution in [2.75, 3.05) is 23.7 Å². The topological polar surface area (TPSA) is 132 Å². The molecule has 0 spiro atoms. The van der Waals surface area contributed by atoms with Crippen LogP contribution in [0.4, 0.5) is 26.2 Å². The molecule has 0 aliphatic carbocycles. The van der Waals surface area contributed by atoms with Crippen molar-refractivity contribution in [1.29, 1.82) is 5.26 Å². The predicted octanol–water partition coefficient (Wildman–Crippen LogP) is 7.67. The Kier molecular flexibility index (Phi) is 8.14. The number of likely N-dealkylation sites (tertiary alicyclic amines) is 1. The average molecular weight is 652 g/mol. The largest absolute Gasteiger partial charge is 0.465 e. The van der Waals surface area contributed by atoms with Crippen LogP contribution in [0.15, 0.2) is 67.0 Å². The molecule has 3 N–H and O–H groups in total. The number of nitriles is 1. The van der Waals surface area contributed by atoms with Crippen LogP contribution in [0.25, 0.3) is 10.9 Å². The highest BCUT2D eigenvalue weighted by molar-refractivity contribution is 6.36. The highest BCUT2D eigenvalue weighted by Crippen LogP contribution is 2.37. The number of rotatable bonds is 7. The van der Waals surface area contributed by atoms with Gasteiger partial charge in [-0.1, -0.05) is 52.1 Å². The van der Waals surface area contributed by atoms with Crippen molar-refractivity contribution in [3.05, 3.63) is 105 Å². The van der Waals surface area contributed by atoms with Crippen molar-refractivity contribution < 1.29 is 14.3 Å². The smallest absolute Gasteiger partial charge is 0.407 e. The van der Waals surface area contributed by atoms with Crippen LogP contribution in [0.1, 0.15) is 35.3 Å². The summed E-state index contributed by atoms with van der Waals surface area (Å²) in [5.41, 5.74) is 3.59. The van der Waals surface area contributed by atoms with E-state index in [2.05, 4.69) is 32.0 Å². The second-order valence-corrected chi connectivity index (χ2v) is 11.4. The van der Waals surface area contributed by atoms with Crippen LogP contribution in [-0.2, 0) is 0 Å². The van der Waals surface area contributed by atoms with Crippen molar-refractivity contribution in [3.63, 3.8) is 0 Å². The van der Waals surface area contributed by atoms with Crippen molar-refractivity contribution in [1.82, 2.24) is 24.9 Å². The van der Waals surface area contributed by atoms with Gasteiger partial charge in [0.05, 0.1) is 45.1 Å². The zero-order chi connectivity index (χ0) is 31.0. The fourth-order valence-corrected chi connectivity index (χ4v) is 5.74. The molecule has 0 radical (unpaired) electrons. The third-order valence-corrected chi connectivity index (χ3v) is 8.21. The van der Waals surface area contributed by atoms with E-state index in [-0.39, 0.29) is 16.6 Å².